The zero-order chi connectivity index (χ0) is 25.5. The van der Waals surface area contributed by atoms with Crippen LogP contribution >= 0.6 is 0 Å². The Morgan fingerprint density at radius 2 is 1.11 bits per heavy atom. The second kappa shape index (κ2) is 12.1. The van der Waals surface area contributed by atoms with Crippen molar-refractivity contribution in [1.29, 1.82) is 0 Å². The van der Waals surface area contributed by atoms with E-state index in [0.717, 1.165) is 90.5 Å². The maximum absolute atomic E-state index is 5.98. The van der Waals surface area contributed by atoms with Crippen molar-refractivity contribution in [2.45, 2.75) is 47.7 Å². The smallest absolute Gasteiger partial charge is 0.134 e. The van der Waals surface area contributed by atoms with Gasteiger partial charge in [-0.2, -0.15) is 0 Å². The van der Waals surface area contributed by atoms with Crippen LogP contribution in [0.2, 0.25) is 0 Å². The zero-order valence-electron chi connectivity index (χ0n) is 22.2. The maximum atomic E-state index is 5.98. The van der Waals surface area contributed by atoms with Crippen molar-refractivity contribution >= 4 is 0 Å². The van der Waals surface area contributed by atoms with Crippen molar-refractivity contribution in [3.63, 3.8) is 0 Å². The van der Waals surface area contributed by atoms with Gasteiger partial charge in [0.05, 0.1) is 34.2 Å². The third-order valence-corrected chi connectivity index (χ3v) is 6.55. The molecule has 0 atom stereocenters. The fourth-order valence-corrected chi connectivity index (χ4v) is 4.30. The molecule has 6 heteroatoms. The molecule has 4 rings (SSSR count). The molecule has 4 aromatic rings. The predicted octanol–water partition coefficient (Wildman–Crippen LogP) is 6.46. The minimum Gasteiger partial charge on any atom is -0.461 e. The lowest BCUT2D eigenvalue weighted by Gasteiger charge is -2.18. The normalized spacial score (nSPS) is 11.5. The molecule has 0 saturated carbocycles. The number of hydrogen-bond acceptors (Lipinski definition) is 6. The molecule has 0 aliphatic rings. The van der Waals surface area contributed by atoms with Gasteiger partial charge in [-0.3, -0.25) is 9.80 Å². The Morgan fingerprint density at radius 1 is 0.611 bits per heavy atom. The average Bonchev–Trinajstić information content (AvgIpc) is 3.36. The van der Waals surface area contributed by atoms with Crippen molar-refractivity contribution in [3.8, 4) is 34.1 Å². The Balaban J connectivity index is 1.77. The Morgan fingerprint density at radius 3 is 1.53 bits per heavy atom. The summed E-state index contributed by atoms with van der Waals surface area (Å²) in [6.07, 6.45) is 0. The Kier molecular flexibility index (Phi) is 8.62. The van der Waals surface area contributed by atoms with Crippen LogP contribution in [0.5, 0.6) is 0 Å². The highest BCUT2D eigenvalue weighted by Crippen LogP contribution is 2.30. The highest BCUT2D eigenvalue weighted by atomic mass is 16.3. The molecule has 36 heavy (non-hydrogen) atoms. The van der Waals surface area contributed by atoms with Gasteiger partial charge in [-0.1, -0.05) is 39.8 Å². The van der Waals surface area contributed by atoms with Gasteiger partial charge in [-0.05, 0) is 81.6 Å². The molecule has 0 fully saturated rings. The minimum atomic E-state index is 0.814. The van der Waals surface area contributed by atoms with Gasteiger partial charge in [0.25, 0.3) is 0 Å². The second-order valence-corrected chi connectivity index (χ2v) is 8.99. The van der Waals surface area contributed by atoms with Gasteiger partial charge in [0.2, 0.25) is 0 Å². The topological polar surface area (TPSA) is 58.3 Å². The van der Waals surface area contributed by atoms with E-state index in [1.807, 2.05) is 31.2 Å². The van der Waals surface area contributed by atoms with E-state index in [-0.39, 0.29) is 0 Å². The fraction of sp³-hybridized carbons (Fsp3) is 0.367. The van der Waals surface area contributed by atoms with Crippen molar-refractivity contribution < 1.29 is 4.42 Å². The van der Waals surface area contributed by atoms with Gasteiger partial charge in [0.1, 0.15) is 11.5 Å². The molecule has 0 radical (unpaired) electrons. The van der Waals surface area contributed by atoms with Crippen molar-refractivity contribution in [3.05, 3.63) is 77.8 Å². The van der Waals surface area contributed by atoms with Crippen molar-refractivity contribution in [1.82, 2.24) is 24.8 Å². The predicted molar refractivity (Wildman–Crippen MR) is 146 cm³/mol. The molecule has 4 heterocycles. The number of aromatic nitrogens is 3. The number of rotatable bonds is 11. The summed E-state index contributed by atoms with van der Waals surface area (Å²) in [5.74, 6) is 1.69. The molecular weight excluding hydrogens is 446 g/mol. The number of pyridine rings is 3. The van der Waals surface area contributed by atoms with Crippen molar-refractivity contribution in [2.24, 2.45) is 0 Å². The molecule has 4 aromatic heterocycles. The summed E-state index contributed by atoms with van der Waals surface area (Å²) in [7, 11) is 0. The molecule has 0 amide bonds. The summed E-state index contributed by atoms with van der Waals surface area (Å²) in [4.78, 5) is 19.7. The molecule has 0 saturated heterocycles. The second-order valence-electron chi connectivity index (χ2n) is 8.99. The van der Waals surface area contributed by atoms with Crippen LogP contribution in [0.3, 0.4) is 0 Å². The molecule has 188 valence electrons. The summed E-state index contributed by atoms with van der Waals surface area (Å²) < 4.78 is 5.98. The molecule has 0 spiro atoms. The zero-order valence-corrected chi connectivity index (χ0v) is 22.2. The lowest BCUT2D eigenvalue weighted by Crippen LogP contribution is -2.22. The lowest BCUT2D eigenvalue weighted by molar-refractivity contribution is 0.292. The number of aryl methyl sites for hydroxylation is 1. The highest BCUT2D eigenvalue weighted by Gasteiger charge is 2.14. The van der Waals surface area contributed by atoms with E-state index < -0.39 is 0 Å². The van der Waals surface area contributed by atoms with Crippen LogP contribution in [-0.2, 0) is 13.1 Å². The van der Waals surface area contributed by atoms with Crippen LogP contribution < -0.4 is 0 Å². The number of hydrogen-bond donors (Lipinski definition) is 0. The molecule has 0 bridgehead atoms. The van der Waals surface area contributed by atoms with Crippen LogP contribution in [-0.4, -0.2) is 50.9 Å². The largest absolute Gasteiger partial charge is 0.461 e. The third-order valence-electron chi connectivity index (χ3n) is 6.55. The number of furan rings is 1. The molecule has 0 aliphatic carbocycles. The first kappa shape index (κ1) is 25.7. The summed E-state index contributed by atoms with van der Waals surface area (Å²) in [5.41, 5.74) is 6.38. The Hall–Kier alpha value is -3.35. The van der Waals surface area contributed by atoms with Crippen molar-refractivity contribution in [2.75, 3.05) is 26.2 Å². The first-order valence-corrected chi connectivity index (χ1v) is 13.0. The summed E-state index contributed by atoms with van der Waals surface area (Å²) in [6.45, 7) is 16.3. The third kappa shape index (κ3) is 6.25. The summed E-state index contributed by atoms with van der Waals surface area (Å²) in [5, 5.41) is 0. The van der Waals surface area contributed by atoms with E-state index in [2.05, 4.69) is 73.9 Å². The van der Waals surface area contributed by atoms with Gasteiger partial charge < -0.3 is 4.42 Å². The van der Waals surface area contributed by atoms with E-state index in [4.69, 9.17) is 19.4 Å². The maximum Gasteiger partial charge on any atom is 0.134 e. The summed E-state index contributed by atoms with van der Waals surface area (Å²) in [6, 6.07) is 20.5. The highest BCUT2D eigenvalue weighted by molar-refractivity contribution is 5.72. The first-order valence-electron chi connectivity index (χ1n) is 13.0. The van der Waals surface area contributed by atoms with Gasteiger partial charge in [0.15, 0.2) is 0 Å². The molecule has 0 N–H and O–H groups in total. The van der Waals surface area contributed by atoms with Gasteiger partial charge in [0, 0.05) is 18.7 Å². The SMILES string of the molecule is CCN(CC)Cc1cccc(-c2cc(-c3ccc(C)o3)cc(-c3cccc(CN(CC)CC)n3)n2)n1. The van der Waals surface area contributed by atoms with Crippen LogP contribution in [0.4, 0.5) is 0 Å². The van der Waals surface area contributed by atoms with E-state index in [9.17, 15) is 0 Å². The Bertz CT molecular complexity index is 1200. The monoisotopic (exact) mass is 483 g/mol. The van der Waals surface area contributed by atoms with Gasteiger partial charge >= 0.3 is 0 Å². The minimum absolute atomic E-state index is 0.814. The molecule has 0 aliphatic heterocycles. The average molecular weight is 484 g/mol. The fourth-order valence-electron chi connectivity index (χ4n) is 4.30. The van der Waals surface area contributed by atoms with E-state index in [1.165, 1.54) is 0 Å². The van der Waals surface area contributed by atoms with Crippen LogP contribution in [0.25, 0.3) is 34.1 Å². The van der Waals surface area contributed by atoms with E-state index in [1.54, 1.807) is 0 Å². The number of nitrogens with zero attached hydrogens (tertiary/aromatic N) is 5. The lowest BCUT2D eigenvalue weighted by atomic mass is 10.1. The molecule has 6 nitrogen and oxygen atoms in total. The van der Waals surface area contributed by atoms with Gasteiger partial charge in [-0.15, -0.1) is 0 Å². The molecular formula is C30H37N5O. The van der Waals surface area contributed by atoms with Crippen LogP contribution in [0.15, 0.2) is 65.1 Å². The first-order chi connectivity index (χ1) is 17.5. The van der Waals surface area contributed by atoms with E-state index >= 15 is 0 Å². The summed E-state index contributed by atoms with van der Waals surface area (Å²) >= 11 is 0. The van der Waals surface area contributed by atoms with Gasteiger partial charge in [-0.25, -0.2) is 15.0 Å². The molecule has 0 unspecified atom stereocenters. The van der Waals surface area contributed by atoms with Crippen LogP contribution in [0, 0.1) is 6.92 Å². The van der Waals surface area contributed by atoms with Crippen LogP contribution in [0.1, 0.15) is 44.8 Å². The Labute approximate surface area is 215 Å². The quantitative estimate of drug-likeness (QED) is 0.244. The molecule has 0 aromatic carbocycles. The standard InChI is InChI=1S/C30H37N5O/c1-6-34(7-2)20-24-12-10-14-26(31-24)28-18-23(30-17-16-22(5)36-30)19-29(33-28)27-15-11-13-25(32-27)21-35(8-3)9-4/h10-19H,6-9,20-21H2,1-5H3. The van der Waals surface area contributed by atoms with E-state index in [0.29, 0.717) is 0 Å².